The van der Waals surface area contributed by atoms with Gasteiger partial charge in [-0.25, -0.2) is 0 Å². The molecule has 0 atom stereocenters. The average molecular weight is 589 g/mol. The van der Waals surface area contributed by atoms with Crippen molar-refractivity contribution in [2.75, 3.05) is 0 Å². The second-order valence-electron chi connectivity index (χ2n) is 11.7. The summed E-state index contributed by atoms with van der Waals surface area (Å²) in [6.07, 6.45) is 0. The van der Waals surface area contributed by atoms with E-state index >= 15 is 0 Å². The van der Waals surface area contributed by atoms with Gasteiger partial charge in [0.1, 0.15) is 0 Å². The summed E-state index contributed by atoms with van der Waals surface area (Å²) in [6, 6.07) is 62.2. The summed E-state index contributed by atoms with van der Waals surface area (Å²) < 4.78 is 0. The maximum absolute atomic E-state index is 2.33. The number of rotatable bonds is 4. The number of benzene rings is 8. The first-order valence-electron chi connectivity index (χ1n) is 15.4. The van der Waals surface area contributed by atoms with Gasteiger partial charge in [0.15, 0.2) is 0 Å². The molecule has 45 heavy (non-hydrogen) atoms. The van der Waals surface area contributed by atoms with Gasteiger partial charge < -0.3 is 0 Å². The molecule has 1 heteroatoms. The molecule has 0 bridgehead atoms. The Morgan fingerprint density at radius 2 is 0.600 bits per heavy atom. The van der Waals surface area contributed by atoms with Crippen molar-refractivity contribution in [3.05, 3.63) is 170 Å². The Kier molecular flexibility index (Phi) is 6.11. The van der Waals surface area contributed by atoms with Crippen LogP contribution in [0.2, 0.25) is 0 Å². The van der Waals surface area contributed by atoms with Gasteiger partial charge in [-0.05, 0) is 101 Å². The zero-order valence-corrected chi connectivity index (χ0v) is 25.4. The van der Waals surface area contributed by atoms with Gasteiger partial charge in [-0.3, -0.25) is 0 Å². The molecule has 1 heterocycles. The van der Waals surface area contributed by atoms with Crippen LogP contribution in [0.4, 0.5) is 0 Å². The first-order valence-corrected chi connectivity index (χ1v) is 16.2. The fourth-order valence-electron chi connectivity index (χ4n) is 6.86. The number of hydrogen-bond acceptors (Lipinski definition) is 1. The van der Waals surface area contributed by atoms with Gasteiger partial charge in [-0.15, -0.1) is 11.3 Å². The molecule has 0 aliphatic heterocycles. The Hall–Kier alpha value is -5.50. The predicted molar refractivity (Wildman–Crippen MR) is 196 cm³/mol. The van der Waals surface area contributed by atoms with Gasteiger partial charge in [-0.2, -0.15) is 0 Å². The monoisotopic (exact) mass is 588 g/mol. The molecule has 0 saturated carbocycles. The highest BCUT2D eigenvalue weighted by Gasteiger charge is 2.12. The molecule has 9 aromatic rings. The van der Waals surface area contributed by atoms with Crippen LogP contribution in [0.15, 0.2) is 170 Å². The first-order chi connectivity index (χ1) is 22.3. The standard InChI is InChI=1S/C44H28S/c1-3-11-35-33(9-1)27-41(39-15-7-5-13-37(35)39)29-17-21-31(22-18-29)43-25-26-44(45-43)32-23-19-30(20-24-32)42-28-34-10-2-4-12-36(34)38-14-6-8-16-40(38)42/h1-28H. The van der Waals surface area contributed by atoms with E-state index in [-0.39, 0.29) is 0 Å². The fourth-order valence-corrected chi connectivity index (χ4v) is 7.88. The molecule has 0 spiro atoms. The van der Waals surface area contributed by atoms with Crippen molar-refractivity contribution in [1.29, 1.82) is 0 Å². The topological polar surface area (TPSA) is 0 Å². The number of thiophene rings is 1. The van der Waals surface area contributed by atoms with Crippen LogP contribution in [0.5, 0.6) is 0 Å². The summed E-state index contributed by atoms with van der Waals surface area (Å²) in [6.45, 7) is 0. The van der Waals surface area contributed by atoms with E-state index in [1.54, 1.807) is 0 Å². The van der Waals surface area contributed by atoms with Crippen LogP contribution >= 0.6 is 11.3 Å². The van der Waals surface area contributed by atoms with Gasteiger partial charge >= 0.3 is 0 Å². The van der Waals surface area contributed by atoms with E-state index in [9.17, 15) is 0 Å². The summed E-state index contributed by atoms with van der Waals surface area (Å²) in [5.74, 6) is 0. The van der Waals surface area contributed by atoms with Crippen molar-refractivity contribution in [3.63, 3.8) is 0 Å². The van der Waals surface area contributed by atoms with Crippen molar-refractivity contribution in [2.45, 2.75) is 0 Å². The van der Waals surface area contributed by atoms with Crippen LogP contribution in [-0.2, 0) is 0 Å². The molecule has 0 amide bonds. The quantitative estimate of drug-likeness (QED) is 0.179. The van der Waals surface area contributed by atoms with Crippen molar-refractivity contribution in [2.24, 2.45) is 0 Å². The molecule has 0 radical (unpaired) electrons. The highest BCUT2D eigenvalue weighted by Crippen LogP contribution is 2.40. The first kappa shape index (κ1) is 25.9. The summed E-state index contributed by atoms with van der Waals surface area (Å²) >= 11 is 1.85. The molecule has 9 rings (SSSR count). The number of hydrogen-bond donors (Lipinski definition) is 0. The SMILES string of the molecule is c1ccc2c(c1)cc(-c1ccc(-c3ccc(-c4ccc(-c5cc6ccccc6c6ccccc56)cc4)s3)cc1)c1ccccc12. The second-order valence-corrected chi connectivity index (χ2v) is 12.8. The normalized spacial score (nSPS) is 11.6. The summed E-state index contributed by atoms with van der Waals surface area (Å²) in [5, 5.41) is 10.4. The smallest absolute Gasteiger partial charge is 0.0349 e. The zero-order chi connectivity index (χ0) is 29.7. The molecule has 0 fully saturated rings. The predicted octanol–water partition coefficient (Wildman–Crippen LogP) is 13.0. The van der Waals surface area contributed by atoms with E-state index in [1.807, 2.05) is 11.3 Å². The van der Waals surface area contributed by atoms with Crippen LogP contribution < -0.4 is 0 Å². The Balaban J connectivity index is 1.03. The fraction of sp³-hybridized carbons (Fsp3) is 0. The largest absolute Gasteiger partial charge is 0.135 e. The molecule has 0 nitrogen and oxygen atoms in total. The highest BCUT2D eigenvalue weighted by atomic mass is 32.1. The van der Waals surface area contributed by atoms with Gasteiger partial charge in [0.2, 0.25) is 0 Å². The minimum atomic E-state index is 1.24. The van der Waals surface area contributed by atoms with E-state index in [2.05, 4.69) is 170 Å². The number of fused-ring (bicyclic) bond motifs is 6. The minimum Gasteiger partial charge on any atom is -0.135 e. The molecular weight excluding hydrogens is 561 g/mol. The molecule has 0 N–H and O–H groups in total. The van der Waals surface area contributed by atoms with Crippen molar-refractivity contribution < 1.29 is 0 Å². The van der Waals surface area contributed by atoms with Gasteiger partial charge in [0, 0.05) is 9.75 Å². The Morgan fingerprint density at radius 1 is 0.267 bits per heavy atom. The van der Waals surface area contributed by atoms with Crippen LogP contribution in [-0.4, -0.2) is 0 Å². The molecule has 0 aliphatic rings. The molecule has 0 aliphatic carbocycles. The zero-order valence-electron chi connectivity index (χ0n) is 24.6. The second kappa shape index (κ2) is 10.6. The average Bonchev–Trinajstić information content (AvgIpc) is 3.62. The van der Waals surface area contributed by atoms with E-state index in [0.717, 1.165) is 0 Å². The van der Waals surface area contributed by atoms with E-state index in [4.69, 9.17) is 0 Å². The van der Waals surface area contributed by atoms with Gasteiger partial charge in [0.05, 0.1) is 0 Å². The third-order valence-corrected chi connectivity index (χ3v) is 10.3. The van der Waals surface area contributed by atoms with E-state index in [0.29, 0.717) is 0 Å². The lowest BCUT2D eigenvalue weighted by atomic mass is 9.93. The maximum atomic E-state index is 2.33. The van der Waals surface area contributed by atoms with Gasteiger partial charge in [-0.1, -0.05) is 146 Å². The Labute approximate surface area is 266 Å². The lowest BCUT2D eigenvalue weighted by molar-refractivity contribution is 1.65. The molecule has 1 aromatic heterocycles. The minimum absolute atomic E-state index is 1.24. The molecule has 8 aromatic carbocycles. The molecular formula is C44H28S. The third-order valence-electron chi connectivity index (χ3n) is 9.10. The highest BCUT2D eigenvalue weighted by molar-refractivity contribution is 7.18. The Morgan fingerprint density at radius 3 is 1.02 bits per heavy atom. The maximum Gasteiger partial charge on any atom is 0.0349 e. The van der Waals surface area contributed by atoms with Crippen molar-refractivity contribution in [1.82, 2.24) is 0 Å². The molecule has 210 valence electrons. The molecule has 0 saturated heterocycles. The van der Waals surface area contributed by atoms with E-state index < -0.39 is 0 Å². The lowest BCUT2D eigenvalue weighted by Gasteiger charge is -2.11. The Bertz CT molecular complexity index is 2340. The summed E-state index contributed by atoms with van der Waals surface area (Å²) in [5.41, 5.74) is 7.55. The summed E-state index contributed by atoms with van der Waals surface area (Å²) in [4.78, 5) is 2.56. The van der Waals surface area contributed by atoms with Gasteiger partial charge in [0.25, 0.3) is 0 Å². The van der Waals surface area contributed by atoms with Crippen molar-refractivity contribution in [3.8, 4) is 43.1 Å². The third kappa shape index (κ3) is 4.44. The summed E-state index contributed by atoms with van der Waals surface area (Å²) in [7, 11) is 0. The van der Waals surface area contributed by atoms with E-state index in [1.165, 1.54) is 86.2 Å². The van der Waals surface area contributed by atoms with Crippen LogP contribution in [0, 0.1) is 0 Å². The van der Waals surface area contributed by atoms with Crippen LogP contribution in [0.1, 0.15) is 0 Å². The van der Waals surface area contributed by atoms with Crippen LogP contribution in [0.25, 0.3) is 86.2 Å². The lowest BCUT2D eigenvalue weighted by Crippen LogP contribution is -1.85. The van der Waals surface area contributed by atoms with Crippen LogP contribution in [0.3, 0.4) is 0 Å². The molecule has 0 unspecified atom stereocenters. The van der Waals surface area contributed by atoms with Crippen molar-refractivity contribution >= 4 is 54.4 Å².